The molecule has 1 aliphatic heterocycles. The molecule has 0 aromatic rings. The summed E-state index contributed by atoms with van der Waals surface area (Å²) in [5, 5.41) is 5.71. The van der Waals surface area contributed by atoms with Crippen LogP contribution in [0.25, 0.3) is 0 Å². The Balaban J connectivity index is 1.97. The van der Waals surface area contributed by atoms with Crippen LogP contribution < -0.4 is 10.6 Å². The molecule has 2 rings (SSSR count). The molecule has 0 aromatic carbocycles. The van der Waals surface area contributed by atoms with Crippen molar-refractivity contribution in [2.75, 3.05) is 6.54 Å². The van der Waals surface area contributed by atoms with Crippen molar-refractivity contribution in [2.45, 2.75) is 37.4 Å². The second-order valence-corrected chi connectivity index (χ2v) is 4.16. The standard InChI is InChI=1S/C11H15F3N2/c12-7-5-8(13)11(9(14)6-7)16-10-3-1-2-4-15-10/h1-3,7-9,11,15-16H,4-6H2. The van der Waals surface area contributed by atoms with Gasteiger partial charge in [-0.15, -0.1) is 0 Å². The van der Waals surface area contributed by atoms with Gasteiger partial charge >= 0.3 is 0 Å². The molecular weight excluding hydrogens is 217 g/mol. The molecule has 0 aromatic heterocycles. The highest BCUT2D eigenvalue weighted by atomic mass is 19.2. The molecule has 2 aliphatic rings. The fourth-order valence-corrected chi connectivity index (χ4v) is 2.02. The molecule has 2 nitrogen and oxygen atoms in total. The predicted molar refractivity (Wildman–Crippen MR) is 56.1 cm³/mol. The first-order chi connectivity index (χ1) is 7.66. The van der Waals surface area contributed by atoms with Crippen LogP contribution in [0.3, 0.4) is 0 Å². The summed E-state index contributed by atoms with van der Waals surface area (Å²) in [7, 11) is 0. The molecule has 0 radical (unpaired) electrons. The quantitative estimate of drug-likeness (QED) is 0.758. The minimum absolute atomic E-state index is 0.221. The van der Waals surface area contributed by atoms with Crippen LogP contribution in [-0.2, 0) is 0 Å². The minimum atomic E-state index is -1.48. The van der Waals surface area contributed by atoms with Crippen LogP contribution in [0.2, 0.25) is 0 Å². The highest BCUT2D eigenvalue weighted by Gasteiger charge is 2.38. The summed E-state index contributed by atoms with van der Waals surface area (Å²) in [6, 6.07) is -0.947. The van der Waals surface area contributed by atoms with Gasteiger partial charge in [-0.05, 0) is 6.08 Å². The fraction of sp³-hybridized carbons (Fsp3) is 0.636. The summed E-state index contributed by atoms with van der Waals surface area (Å²) in [4.78, 5) is 0. The van der Waals surface area contributed by atoms with Crippen molar-refractivity contribution in [3.8, 4) is 0 Å². The zero-order chi connectivity index (χ0) is 11.5. The summed E-state index contributed by atoms with van der Waals surface area (Å²) < 4.78 is 39.9. The van der Waals surface area contributed by atoms with Gasteiger partial charge in [0.05, 0.1) is 11.9 Å². The molecule has 0 saturated heterocycles. The third-order valence-corrected chi connectivity index (χ3v) is 2.87. The lowest BCUT2D eigenvalue weighted by Crippen LogP contribution is -2.51. The van der Waals surface area contributed by atoms with Gasteiger partial charge in [-0.1, -0.05) is 12.2 Å². The van der Waals surface area contributed by atoms with Gasteiger partial charge < -0.3 is 10.6 Å². The zero-order valence-corrected chi connectivity index (χ0v) is 8.80. The summed E-state index contributed by atoms with van der Waals surface area (Å²) in [6.07, 6.45) is 0.646. The summed E-state index contributed by atoms with van der Waals surface area (Å²) >= 11 is 0. The number of alkyl halides is 3. The van der Waals surface area contributed by atoms with Crippen LogP contribution in [-0.4, -0.2) is 31.1 Å². The van der Waals surface area contributed by atoms with Crippen molar-refractivity contribution >= 4 is 0 Å². The van der Waals surface area contributed by atoms with Crippen molar-refractivity contribution in [3.63, 3.8) is 0 Å². The molecule has 1 heterocycles. The summed E-state index contributed by atoms with van der Waals surface area (Å²) in [6.45, 7) is 0.630. The van der Waals surface area contributed by atoms with Gasteiger partial charge in [0.2, 0.25) is 0 Å². The Morgan fingerprint density at radius 3 is 2.44 bits per heavy atom. The van der Waals surface area contributed by atoms with E-state index < -0.39 is 24.6 Å². The smallest absolute Gasteiger partial charge is 0.126 e. The maximum Gasteiger partial charge on any atom is 0.126 e. The lowest BCUT2D eigenvalue weighted by Gasteiger charge is -2.33. The van der Waals surface area contributed by atoms with Crippen LogP contribution in [0.5, 0.6) is 0 Å². The van der Waals surface area contributed by atoms with E-state index in [0.717, 1.165) is 0 Å². The van der Waals surface area contributed by atoms with Crippen molar-refractivity contribution in [1.82, 2.24) is 10.6 Å². The Bertz CT molecular complexity index is 292. The molecule has 2 unspecified atom stereocenters. The van der Waals surface area contributed by atoms with E-state index in [-0.39, 0.29) is 12.8 Å². The Hall–Kier alpha value is -1.13. The zero-order valence-electron chi connectivity index (χ0n) is 8.80. The largest absolute Gasteiger partial charge is 0.368 e. The molecule has 90 valence electrons. The number of allylic oxidation sites excluding steroid dienone is 2. The molecule has 2 atom stereocenters. The highest BCUT2D eigenvalue weighted by molar-refractivity contribution is 5.16. The van der Waals surface area contributed by atoms with Gasteiger partial charge in [-0.3, -0.25) is 0 Å². The lowest BCUT2D eigenvalue weighted by molar-refractivity contribution is 0.0566. The average Bonchev–Trinajstić information content (AvgIpc) is 2.25. The number of nitrogens with one attached hydrogen (secondary N) is 2. The van der Waals surface area contributed by atoms with E-state index in [1.54, 1.807) is 12.2 Å². The van der Waals surface area contributed by atoms with Gasteiger partial charge in [0.15, 0.2) is 0 Å². The average molecular weight is 232 g/mol. The van der Waals surface area contributed by atoms with E-state index in [0.29, 0.717) is 12.4 Å². The monoisotopic (exact) mass is 232 g/mol. The van der Waals surface area contributed by atoms with E-state index in [4.69, 9.17) is 0 Å². The molecule has 0 amide bonds. The van der Waals surface area contributed by atoms with E-state index in [1.165, 1.54) is 0 Å². The van der Waals surface area contributed by atoms with Crippen LogP contribution in [0, 0.1) is 0 Å². The molecule has 1 fully saturated rings. The van der Waals surface area contributed by atoms with Gasteiger partial charge in [0.25, 0.3) is 0 Å². The van der Waals surface area contributed by atoms with Crippen molar-refractivity contribution in [1.29, 1.82) is 0 Å². The van der Waals surface area contributed by atoms with Gasteiger partial charge in [0, 0.05) is 19.4 Å². The molecule has 1 aliphatic carbocycles. The van der Waals surface area contributed by atoms with Crippen LogP contribution in [0.1, 0.15) is 12.8 Å². The molecule has 0 spiro atoms. The summed E-state index contributed by atoms with van der Waals surface area (Å²) in [5.74, 6) is 0.593. The lowest BCUT2D eigenvalue weighted by atomic mass is 9.90. The van der Waals surface area contributed by atoms with Crippen molar-refractivity contribution < 1.29 is 13.2 Å². The molecule has 2 N–H and O–H groups in total. The molecule has 16 heavy (non-hydrogen) atoms. The minimum Gasteiger partial charge on any atom is -0.368 e. The first-order valence-corrected chi connectivity index (χ1v) is 5.46. The van der Waals surface area contributed by atoms with Crippen LogP contribution >= 0.6 is 0 Å². The Labute approximate surface area is 92.6 Å². The fourth-order valence-electron chi connectivity index (χ4n) is 2.02. The highest BCUT2D eigenvalue weighted by Crippen LogP contribution is 2.27. The first-order valence-electron chi connectivity index (χ1n) is 5.46. The Morgan fingerprint density at radius 2 is 1.88 bits per heavy atom. The van der Waals surface area contributed by atoms with Crippen molar-refractivity contribution in [2.24, 2.45) is 0 Å². The third kappa shape index (κ3) is 2.51. The predicted octanol–water partition coefficient (Wildman–Crippen LogP) is 1.75. The normalized spacial score (nSPS) is 38.8. The number of hydrogen-bond donors (Lipinski definition) is 2. The Morgan fingerprint density at radius 1 is 1.19 bits per heavy atom. The van der Waals surface area contributed by atoms with Gasteiger partial charge in [-0.25, -0.2) is 13.2 Å². The van der Waals surface area contributed by atoms with E-state index in [2.05, 4.69) is 10.6 Å². The molecule has 5 heteroatoms. The first kappa shape index (κ1) is 11.4. The SMILES string of the molecule is FC1CC(F)C(NC2=CC=CCN2)C(F)C1. The number of rotatable bonds is 2. The number of hydrogen-bond acceptors (Lipinski definition) is 2. The molecular formula is C11H15F3N2. The van der Waals surface area contributed by atoms with E-state index in [1.807, 2.05) is 6.08 Å². The second kappa shape index (κ2) is 4.80. The third-order valence-electron chi connectivity index (χ3n) is 2.87. The maximum absolute atomic E-state index is 13.5. The number of dihydropyridines is 1. The topological polar surface area (TPSA) is 24.1 Å². The second-order valence-electron chi connectivity index (χ2n) is 4.16. The van der Waals surface area contributed by atoms with E-state index >= 15 is 0 Å². The van der Waals surface area contributed by atoms with Crippen molar-refractivity contribution in [3.05, 3.63) is 24.0 Å². The maximum atomic E-state index is 13.5. The van der Waals surface area contributed by atoms with Crippen LogP contribution in [0.4, 0.5) is 13.2 Å². The molecule has 0 bridgehead atoms. The van der Waals surface area contributed by atoms with Crippen LogP contribution in [0.15, 0.2) is 24.0 Å². The summed E-state index contributed by atoms with van der Waals surface area (Å²) in [5.41, 5.74) is 0. The van der Waals surface area contributed by atoms with E-state index in [9.17, 15) is 13.2 Å². The number of halogens is 3. The van der Waals surface area contributed by atoms with Gasteiger partial charge in [-0.2, -0.15) is 0 Å². The molecule has 1 saturated carbocycles. The Kier molecular flexibility index (Phi) is 3.41. The van der Waals surface area contributed by atoms with Gasteiger partial charge in [0.1, 0.15) is 18.5 Å².